The van der Waals surface area contributed by atoms with Crippen LogP contribution >= 0.6 is 0 Å². The number of rotatable bonds is 3. The lowest BCUT2D eigenvalue weighted by Crippen LogP contribution is -1.97. The van der Waals surface area contributed by atoms with Gasteiger partial charge in [0.05, 0.1) is 38.7 Å². The minimum Gasteiger partial charge on any atom is -0.309 e. The maximum atomic E-state index is 8.88. The molecule has 38 heavy (non-hydrogen) atoms. The van der Waals surface area contributed by atoms with Crippen molar-refractivity contribution in [1.29, 1.82) is 0 Å². The van der Waals surface area contributed by atoms with Gasteiger partial charge in [0.15, 0.2) is 0 Å². The fraction of sp³-hybridized carbons (Fsp3) is 0. The maximum Gasteiger partial charge on any atom is 0.0645 e. The largest absolute Gasteiger partial charge is 0.309 e. The summed E-state index contributed by atoms with van der Waals surface area (Å²) in [5.41, 5.74) is 5.74. The summed E-state index contributed by atoms with van der Waals surface area (Å²) >= 11 is 0. The third kappa shape index (κ3) is 3.01. The quantitative estimate of drug-likeness (QED) is 0.232. The highest BCUT2D eigenvalue weighted by atomic mass is 15.0. The van der Waals surface area contributed by atoms with Gasteiger partial charge in [-0.3, -0.25) is 0 Å². The lowest BCUT2D eigenvalue weighted by atomic mass is 10.0. The molecule has 0 unspecified atom stereocenters. The summed E-state index contributed by atoms with van der Waals surface area (Å²) < 4.78 is 72.6. The molecule has 0 bridgehead atoms. The molecule has 0 radical (unpaired) electrons. The summed E-state index contributed by atoms with van der Waals surface area (Å²) in [5.74, 6) is 0. The number of benzene rings is 6. The Morgan fingerprint density at radius 2 is 1.08 bits per heavy atom. The Bertz CT molecular complexity index is 2490. The van der Waals surface area contributed by atoms with E-state index in [1.54, 1.807) is 4.57 Å². The van der Waals surface area contributed by atoms with E-state index in [1.165, 1.54) is 0 Å². The smallest absolute Gasteiger partial charge is 0.0645 e. The first-order valence-electron chi connectivity index (χ1n) is 16.4. The molecule has 0 saturated carbocycles. The van der Waals surface area contributed by atoms with Gasteiger partial charge in [0.2, 0.25) is 0 Å². The average molecular weight is 493 g/mol. The summed E-state index contributed by atoms with van der Waals surface area (Å²) in [6, 6.07) is 29.0. The molecule has 0 amide bonds. The van der Waals surface area contributed by atoms with Crippen LogP contribution in [0.5, 0.6) is 0 Å². The zero-order chi connectivity index (χ0) is 32.0. The van der Waals surface area contributed by atoms with Gasteiger partial charge in [-0.05, 0) is 48.0 Å². The zero-order valence-corrected chi connectivity index (χ0v) is 20.1. The van der Waals surface area contributed by atoms with E-state index >= 15 is 0 Å². The van der Waals surface area contributed by atoms with Crippen LogP contribution in [0.2, 0.25) is 0 Å². The summed E-state index contributed by atoms with van der Waals surface area (Å²) in [6.07, 6.45) is 0. The summed E-state index contributed by atoms with van der Waals surface area (Å²) in [4.78, 5) is 0. The second-order valence-corrected chi connectivity index (χ2v) is 9.22. The van der Waals surface area contributed by atoms with Gasteiger partial charge in [0.25, 0.3) is 0 Å². The lowest BCUT2D eigenvalue weighted by molar-refractivity contribution is 1.17. The molecular weight excluding hydrogens is 460 g/mol. The van der Waals surface area contributed by atoms with Crippen LogP contribution in [0.3, 0.4) is 0 Å². The molecular formula is C36H24N2. The fourth-order valence-corrected chi connectivity index (χ4v) is 5.57. The van der Waals surface area contributed by atoms with Gasteiger partial charge in [-0.15, -0.1) is 0 Å². The van der Waals surface area contributed by atoms with Gasteiger partial charge < -0.3 is 9.13 Å². The van der Waals surface area contributed by atoms with Crippen molar-refractivity contribution in [1.82, 2.24) is 9.13 Å². The number of nitrogens with zero attached hydrogens (tertiary/aromatic N) is 2. The average Bonchev–Trinajstić information content (AvgIpc) is 3.62. The van der Waals surface area contributed by atoms with E-state index in [0.717, 1.165) is 38.6 Å². The molecule has 0 N–H and O–H groups in total. The molecule has 0 aliphatic heterocycles. The third-order valence-corrected chi connectivity index (χ3v) is 7.18. The monoisotopic (exact) mass is 492 g/mol. The molecule has 6 aromatic carbocycles. The summed E-state index contributed by atoms with van der Waals surface area (Å²) in [5, 5.41) is 1.97. The van der Waals surface area contributed by atoms with Gasteiger partial charge in [-0.25, -0.2) is 0 Å². The first kappa shape index (κ1) is 14.6. The van der Waals surface area contributed by atoms with Gasteiger partial charge in [0.1, 0.15) is 0 Å². The van der Waals surface area contributed by atoms with Crippen LogP contribution in [0.15, 0.2) is 145 Å². The Balaban J connectivity index is 1.51. The molecule has 2 aromatic heterocycles. The van der Waals surface area contributed by atoms with Gasteiger partial charge >= 0.3 is 0 Å². The molecule has 8 rings (SSSR count). The molecule has 2 heterocycles. The molecule has 0 atom stereocenters. The number of aromatic nitrogens is 2. The molecule has 0 spiro atoms. The highest BCUT2D eigenvalue weighted by Crippen LogP contribution is 2.38. The topological polar surface area (TPSA) is 9.86 Å². The Labute approximate surface area is 231 Å². The van der Waals surface area contributed by atoms with E-state index in [2.05, 4.69) is 34.9 Å². The standard InChI is InChI=1S/C36H24N2/c1-2-12-25(13-3-1)27-14-4-8-18-32(27)38-35-21-11-7-17-30(35)31-24-26(22-23-36(31)38)37-33-19-9-5-15-28(33)29-16-6-10-20-34(29)37/h1-24H/i5D,6D,9D,10D,15D,16D,19D,20D. The SMILES string of the molecule is [2H]c1c([2H])c([2H])c2c(c1[2H])c1c([2H])c([2H])c([2H])c([2H])c1n2-c1ccc2c(c1)c1ccccc1n2-c1ccccc1-c1ccccc1. The van der Waals surface area contributed by atoms with Crippen LogP contribution in [0.1, 0.15) is 11.0 Å². The van der Waals surface area contributed by atoms with E-state index < -0.39 is 24.2 Å². The van der Waals surface area contributed by atoms with Crippen molar-refractivity contribution in [3.8, 4) is 22.5 Å². The second-order valence-electron chi connectivity index (χ2n) is 9.22. The molecule has 0 fully saturated rings. The lowest BCUT2D eigenvalue weighted by Gasteiger charge is -2.14. The summed E-state index contributed by atoms with van der Waals surface area (Å²) in [6.45, 7) is 0. The number of para-hydroxylation sites is 4. The van der Waals surface area contributed by atoms with Crippen LogP contribution in [0.25, 0.3) is 66.1 Å². The Morgan fingerprint density at radius 1 is 0.447 bits per heavy atom. The molecule has 0 saturated heterocycles. The fourth-order valence-electron chi connectivity index (χ4n) is 5.57. The first-order chi connectivity index (χ1) is 22.2. The van der Waals surface area contributed by atoms with Crippen molar-refractivity contribution in [3.05, 3.63) is 145 Å². The van der Waals surface area contributed by atoms with Crippen molar-refractivity contribution >= 4 is 43.6 Å². The Morgan fingerprint density at radius 3 is 1.87 bits per heavy atom. The molecule has 0 aliphatic carbocycles. The van der Waals surface area contributed by atoms with E-state index in [1.807, 2.05) is 66.7 Å². The molecule has 2 heteroatoms. The van der Waals surface area contributed by atoms with Gasteiger partial charge in [0, 0.05) is 32.8 Å². The highest BCUT2D eigenvalue weighted by Gasteiger charge is 2.17. The Hall–Kier alpha value is -5.08. The minimum absolute atomic E-state index is 0.0623. The van der Waals surface area contributed by atoms with Crippen LogP contribution in [-0.4, -0.2) is 9.13 Å². The second kappa shape index (κ2) is 8.22. The van der Waals surface area contributed by atoms with Crippen LogP contribution in [-0.2, 0) is 0 Å². The summed E-state index contributed by atoms with van der Waals surface area (Å²) in [7, 11) is 0. The Kier molecular flexibility index (Phi) is 3.16. The predicted molar refractivity (Wildman–Crippen MR) is 161 cm³/mol. The number of fused-ring (bicyclic) bond motifs is 6. The zero-order valence-electron chi connectivity index (χ0n) is 28.1. The van der Waals surface area contributed by atoms with Gasteiger partial charge in [-0.2, -0.15) is 0 Å². The molecule has 0 aliphatic rings. The normalized spacial score (nSPS) is 14.6. The number of hydrogen-bond acceptors (Lipinski definition) is 0. The van der Waals surface area contributed by atoms with Crippen LogP contribution in [0.4, 0.5) is 0 Å². The maximum absolute atomic E-state index is 8.88. The van der Waals surface area contributed by atoms with Gasteiger partial charge in [-0.1, -0.05) is 103 Å². The molecule has 2 nitrogen and oxygen atoms in total. The van der Waals surface area contributed by atoms with Crippen molar-refractivity contribution in [2.75, 3.05) is 0 Å². The van der Waals surface area contributed by atoms with Crippen LogP contribution < -0.4 is 0 Å². The van der Waals surface area contributed by atoms with Crippen molar-refractivity contribution in [2.45, 2.75) is 0 Å². The van der Waals surface area contributed by atoms with Crippen molar-refractivity contribution < 1.29 is 11.0 Å². The van der Waals surface area contributed by atoms with Crippen molar-refractivity contribution in [3.63, 3.8) is 0 Å². The van der Waals surface area contributed by atoms with E-state index in [9.17, 15) is 0 Å². The van der Waals surface area contributed by atoms with E-state index in [0.29, 0.717) is 5.69 Å². The van der Waals surface area contributed by atoms with Crippen molar-refractivity contribution in [2.24, 2.45) is 0 Å². The van der Waals surface area contributed by atoms with Crippen LogP contribution in [0, 0.1) is 0 Å². The molecule has 8 aromatic rings. The van der Waals surface area contributed by atoms with E-state index in [-0.39, 0.29) is 46.0 Å². The minimum atomic E-state index is -0.459. The molecule has 178 valence electrons. The third-order valence-electron chi connectivity index (χ3n) is 7.18. The van der Waals surface area contributed by atoms with E-state index in [4.69, 9.17) is 11.0 Å². The predicted octanol–water partition coefficient (Wildman–Crippen LogP) is 9.55. The highest BCUT2D eigenvalue weighted by molar-refractivity contribution is 6.12. The number of hydrogen-bond donors (Lipinski definition) is 0. The first-order valence-corrected chi connectivity index (χ1v) is 12.4.